The van der Waals surface area contributed by atoms with E-state index in [0.29, 0.717) is 11.1 Å². The zero-order valence-corrected chi connectivity index (χ0v) is 13.6. The van der Waals surface area contributed by atoms with Crippen molar-refractivity contribution in [1.82, 2.24) is 0 Å². The molecule has 0 amide bonds. The Morgan fingerprint density at radius 3 is 1.38 bits per heavy atom. The van der Waals surface area contributed by atoms with Gasteiger partial charge in [0.15, 0.2) is 0 Å². The molecule has 2 aromatic carbocycles. The molecule has 4 heteroatoms. The van der Waals surface area contributed by atoms with Gasteiger partial charge in [-0.2, -0.15) is 0 Å². The molecule has 1 fully saturated rings. The molecule has 3 rings (SSSR count). The molecule has 2 atom stereocenters. The van der Waals surface area contributed by atoms with Crippen LogP contribution in [0.5, 0.6) is 11.5 Å². The van der Waals surface area contributed by atoms with Crippen molar-refractivity contribution in [3.05, 3.63) is 59.7 Å². The van der Waals surface area contributed by atoms with E-state index in [1.54, 1.807) is 48.5 Å². The van der Waals surface area contributed by atoms with Crippen LogP contribution in [0.3, 0.4) is 0 Å². The third kappa shape index (κ3) is 3.12. The van der Waals surface area contributed by atoms with E-state index in [-0.39, 0.29) is 11.5 Å². The maximum atomic E-state index is 11.1. The average molecular weight is 328 g/mol. The van der Waals surface area contributed by atoms with Crippen molar-refractivity contribution in [2.75, 3.05) is 0 Å². The number of hydrogen-bond acceptors (Lipinski definition) is 4. The molecule has 4 N–H and O–H groups in total. The molecule has 128 valence electrons. The van der Waals surface area contributed by atoms with E-state index in [9.17, 15) is 20.4 Å². The molecule has 0 aliphatic heterocycles. The van der Waals surface area contributed by atoms with Gasteiger partial charge in [0, 0.05) is 5.41 Å². The minimum Gasteiger partial charge on any atom is -0.508 e. The van der Waals surface area contributed by atoms with Gasteiger partial charge in [0.25, 0.3) is 0 Å². The maximum Gasteiger partial charge on any atom is 0.115 e. The highest BCUT2D eigenvalue weighted by Crippen LogP contribution is 2.54. The zero-order chi connectivity index (χ0) is 17.2. The summed E-state index contributed by atoms with van der Waals surface area (Å²) in [6.45, 7) is 0. The number of aromatic hydroxyl groups is 2. The van der Waals surface area contributed by atoms with Crippen LogP contribution in [0, 0.1) is 5.41 Å². The number of phenols is 2. The van der Waals surface area contributed by atoms with Crippen LogP contribution in [-0.4, -0.2) is 20.4 Å². The minimum atomic E-state index is -0.817. The van der Waals surface area contributed by atoms with Gasteiger partial charge in [-0.1, -0.05) is 43.5 Å². The van der Waals surface area contributed by atoms with Crippen molar-refractivity contribution in [1.29, 1.82) is 0 Å². The van der Waals surface area contributed by atoms with Crippen molar-refractivity contribution in [3.63, 3.8) is 0 Å². The summed E-state index contributed by atoms with van der Waals surface area (Å²) in [5.41, 5.74) is 0.742. The summed E-state index contributed by atoms with van der Waals surface area (Å²) in [5, 5.41) is 41.1. The lowest BCUT2D eigenvalue weighted by atomic mass is 9.63. The molecule has 24 heavy (non-hydrogen) atoms. The Morgan fingerprint density at radius 2 is 1.00 bits per heavy atom. The van der Waals surface area contributed by atoms with Crippen LogP contribution in [0.1, 0.15) is 55.4 Å². The van der Waals surface area contributed by atoms with Crippen LogP contribution in [0.15, 0.2) is 48.5 Å². The highest BCUT2D eigenvalue weighted by Gasteiger charge is 2.46. The van der Waals surface area contributed by atoms with Crippen LogP contribution in [-0.2, 0) is 0 Å². The largest absolute Gasteiger partial charge is 0.508 e. The molecule has 0 spiro atoms. The minimum absolute atomic E-state index is 0.155. The first-order valence-electron chi connectivity index (χ1n) is 8.47. The van der Waals surface area contributed by atoms with Crippen LogP contribution in [0.2, 0.25) is 0 Å². The molecule has 2 aromatic rings. The monoisotopic (exact) mass is 328 g/mol. The van der Waals surface area contributed by atoms with E-state index in [1.165, 1.54) is 0 Å². The smallest absolute Gasteiger partial charge is 0.115 e. The highest BCUT2D eigenvalue weighted by molar-refractivity contribution is 5.32. The highest BCUT2D eigenvalue weighted by atomic mass is 16.3. The normalized spacial score (nSPS) is 19.6. The second-order valence-corrected chi connectivity index (χ2v) is 6.78. The van der Waals surface area contributed by atoms with Crippen molar-refractivity contribution in [2.24, 2.45) is 5.41 Å². The van der Waals surface area contributed by atoms with Gasteiger partial charge in [0.1, 0.15) is 11.5 Å². The van der Waals surface area contributed by atoms with Gasteiger partial charge in [-0.15, -0.1) is 0 Å². The molecule has 0 radical (unpaired) electrons. The Morgan fingerprint density at radius 1 is 0.625 bits per heavy atom. The van der Waals surface area contributed by atoms with E-state index < -0.39 is 17.6 Å². The molecule has 1 aliphatic rings. The number of aliphatic hydroxyl groups excluding tert-OH is 2. The van der Waals surface area contributed by atoms with Crippen molar-refractivity contribution >= 4 is 0 Å². The van der Waals surface area contributed by atoms with Crippen LogP contribution in [0.4, 0.5) is 0 Å². The lowest BCUT2D eigenvalue weighted by molar-refractivity contribution is -0.0972. The lowest BCUT2D eigenvalue weighted by Gasteiger charge is -2.45. The summed E-state index contributed by atoms with van der Waals surface area (Å²) in [5.74, 6) is 0.311. The van der Waals surface area contributed by atoms with Gasteiger partial charge in [-0.25, -0.2) is 0 Å². The maximum absolute atomic E-state index is 11.1. The Kier molecular flexibility index (Phi) is 4.78. The van der Waals surface area contributed by atoms with Gasteiger partial charge in [-0.05, 0) is 48.2 Å². The first kappa shape index (κ1) is 16.8. The molecule has 0 heterocycles. The quantitative estimate of drug-likeness (QED) is 0.688. The van der Waals surface area contributed by atoms with Gasteiger partial charge in [-0.3, -0.25) is 0 Å². The van der Waals surface area contributed by atoms with Crippen molar-refractivity contribution in [2.45, 2.75) is 44.3 Å². The average Bonchev–Trinajstić information content (AvgIpc) is 2.62. The number of phenolic OH excluding ortho intramolecular Hbond substituents is 2. The molecular formula is C20H24O4. The topological polar surface area (TPSA) is 80.9 Å². The molecule has 1 aliphatic carbocycles. The zero-order valence-electron chi connectivity index (χ0n) is 13.6. The Bertz CT molecular complexity index is 604. The fourth-order valence-corrected chi connectivity index (χ4v) is 3.88. The van der Waals surface area contributed by atoms with E-state index in [2.05, 4.69) is 0 Å². The Balaban J connectivity index is 1.97. The molecule has 4 nitrogen and oxygen atoms in total. The van der Waals surface area contributed by atoms with Crippen LogP contribution >= 0.6 is 0 Å². The third-order valence-corrected chi connectivity index (χ3v) is 5.29. The first-order valence-corrected chi connectivity index (χ1v) is 8.47. The Labute approximate surface area is 142 Å². The van der Waals surface area contributed by atoms with Crippen LogP contribution in [0.25, 0.3) is 0 Å². The molecule has 0 saturated heterocycles. The summed E-state index contributed by atoms with van der Waals surface area (Å²) in [4.78, 5) is 0. The molecule has 2 unspecified atom stereocenters. The third-order valence-electron chi connectivity index (χ3n) is 5.29. The number of benzene rings is 2. The predicted molar refractivity (Wildman–Crippen MR) is 91.7 cm³/mol. The van der Waals surface area contributed by atoms with E-state index in [1.807, 2.05) is 0 Å². The molecule has 0 bridgehead atoms. The summed E-state index contributed by atoms with van der Waals surface area (Å²) in [6.07, 6.45) is 2.86. The summed E-state index contributed by atoms with van der Waals surface area (Å²) in [6, 6.07) is 13.1. The van der Waals surface area contributed by atoms with E-state index in [0.717, 1.165) is 32.1 Å². The van der Waals surface area contributed by atoms with Gasteiger partial charge >= 0.3 is 0 Å². The Hall–Kier alpha value is -2.04. The SMILES string of the molecule is Oc1ccc(C(O)C2(C(O)c3ccc(O)cc3)CCCCC2)cc1. The van der Waals surface area contributed by atoms with Gasteiger partial charge in [0.2, 0.25) is 0 Å². The fraction of sp³-hybridized carbons (Fsp3) is 0.400. The second-order valence-electron chi connectivity index (χ2n) is 6.78. The van der Waals surface area contributed by atoms with E-state index >= 15 is 0 Å². The molecule has 0 aromatic heterocycles. The summed E-state index contributed by atoms with van der Waals surface area (Å²) < 4.78 is 0. The van der Waals surface area contributed by atoms with Crippen molar-refractivity contribution in [3.8, 4) is 11.5 Å². The van der Waals surface area contributed by atoms with Crippen LogP contribution < -0.4 is 0 Å². The standard InChI is InChI=1S/C20H24O4/c21-16-8-4-14(5-9-16)18(23)20(12-2-1-3-13-20)19(24)15-6-10-17(22)11-7-15/h4-11,18-19,21-24H,1-3,12-13H2. The molecular weight excluding hydrogens is 304 g/mol. The van der Waals surface area contributed by atoms with Crippen molar-refractivity contribution < 1.29 is 20.4 Å². The second kappa shape index (κ2) is 6.83. The fourth-order valence-electron chi connectivity index (χ4n) is 3.88. The summed E-state index contributed by atoms with van der Waals surface area (Å²) >= 11 is 0. The number of aliphatic hydroxyl groups is 2. The molecule has 1 saturated carbocycles. The first-order chi connectivity index (χ1) is 11.5. The van der Waals surface area contributed by atoms with Gasteiger partial charge in [0.05, 0.1) is 12.2 Å². The van der Waals surface area contributed by atoms with E-state index in [4.69, 9.17) is 0 Å². The lowest BCUT2D eigenvalue weighted by Crippen LogP contribution is -2.37. The number of rotatable bonds is 4. The van der Waals surface area contributed by atoms with Gasteiger partial charge < -0.3 is 20.4 Å². The predicted octanol–water partition coefficient (Wildman–Crippen LogP) is 3.82. The number of hydrogen-bond donors (Lipinski definition) is 4. The summed E-state index contributed by atoms with van der Waals surface area (Å²) in [7, 11) is 0.